The molecule has 2 amide bonds. The summed E-state index contributed by atoms with van der Waals surface area (Å²) in [5, 5.41) is 11.0. The van der Waals surface area contributed by atoms with Crippen LogP contribution in [-0.2, 0) is 4.74 Å². The Morgan fingerprint density at radius 3 is 2.82 bits per heavy atom. The van der Waals surface area contributed by atoms with Crippen LogP contribution in [0.2, 0.25) is 0 Å². The maximum atomic E-state index is 12.5. The first kappa shape index (κ1) is 18.7. The van der Waals surface area contributed by atoms with Crippen molar-refractivity contribution < 1.29 is 18.7 Å². The van der Waals surface area contributed by atoms with Crippen molar-refractivity contribution >= 4 is 11.8 Å². The normalized spacial score (nSPS) is 20.8. The Kier molecular flexibility index (Phi) is 5.17. The molecule has 28 heavy (non-hydrogen) atoms. The molecule has 1 N–H and O–H groups in total. The van der Waals surface area contributed by atoms with Crippen molar-refractivity contribution in [2.45, 2.75) is 31.7 Å². The lowest BCUT2D eigenvalue weighted by Gasteiger charge is -2.53. The lowest BCUT2D eigenvalue weighted by molar-refractivity contribution is -0.0268. The second-order valence-electron chi connectivity index (χ2n) is 7.55. The number of hydrogen-bond donors (Lipinski definition) is 1. The molecule has 1 aliphatic carbocycles. The maximum Gasteiger partial charge on any atom is 0.273 e. The Hall–Kier alpha value is -2.68. The number of amides is 2. The molecule has 1 atom stereocenters. The molecule has 1 saturated heterocycles. The summed E-state index contributed by atoms with van der Waals surface area (Å²) in [5.74, 6) is -0.215. The monoisotopic (exact) mass is 387 g/mol. The van der Waals surface area contributed by atoms with Crippen LogP contribution in [0.5, 0.6) is 0 Å². The number of ether oxygens (including phenoxy) is 1. The van der Waals surface area contributed by atoms with E-state index in [2.05, 4.69) is 15.6 Å². The Morgan fingerprint density at radius 1 is 1.36 bits per heavy atom. The lowest BCUT2D eigenvalue weighted by Crippen LogP contribution is -2.51. The second kappa shape index (κ2) is 7.75. The molecule has 0 radical (unpaired) electrons. The molecule has 0 bridgehead atoms. The van der Waals surface area contributed by atoms with Gasteiger partial charge in [-0.05, 0) is 37.2 Å². The van der Waals surface area contributed by atoms with Gasteiger partial charge in [-0.3, -0.25) is 9.59 Å². The number of carbonyl (C=O) groups excluding carboxylic acids is 2. The summed E-state index contributed by atoms with van der Waals surface area (Å²) in [6.07, 6.45) is 8.73. The van der Waals surface area contributed by atoms with Crippen molar-refractivity contribution in [2.75, 3.05) is 33.4 Å². The molecule has 1 aliphatic heterocycles. The standard InChI is InChI=1S/C19H25N5O4/c1-27-11-7-20-17(25)15-12-24(22-21-15)16-2-4-19(16)5-8-23(9-6-19)18(26)14-3-10-28-13-14/h3,10,12-13,16H,2,4-9,11H2,1H3,(H,20,25). The van der Waals surface area contributed by atoms with Crippen molar-refractivity contribution in [1.29, 1.82) is 0 Å². The average Bonchev–Trinajstić information content (AvgIpc) is 3.39. The van der Waals surface area contributed by atoms with E-state index in [1.807, 2.05) is 9.58 Å². The lowest BCUT2D eigenvalue weighted by atomic mass is 9.59. The van der Waals surface area contributed by atoms with Gasteiger partial charge in [-0.15, -0.1) is 5.10 Å². The molecule has 2 aliphatic rings. The van der Waals surface area contributed by atoms with E-state index in [1.165, 1.54) is 12.5 Å². The van der Waals surface area contributed by atoms with Gasteiger partial charge in [0, 0.05) is 26.7 Å². The molecule has 1 saturated carbocycles. The van der Waals surface area contributed by atoms with Gasteiger partial charge in [-0.25, -0.2) is 4.68 Å². The third kappa shape index (κ3) is 3.42. The number of rotatable bonds is 6. The molecule has 2 aromatic heterocycles. The van der Waals surface area contributed by atoms with Gasteiger partial charge < -0.3 is 19.4 Å². The number of nitrogens with zero attached hydrogens (tertiary/aromatic N) is 4. The van der Waals surface area contributed by atoms with Gasteiger partial charge >= 0.3 is 0 Å². The van der Waals surface area contributed by atoms with E-state index in [0.717, 1.165) is 38.8 Å². The van der Waals surface area contributed by atoms with Gasteiger partial charge in [0.1, 0.15) is 6.26 Å². The van der Waals surface area contributed by atoms with Crippen LogP contribution in [0, 0.1) is 5.41 Å². The molecular formula is C19H25N5O4. The summed E-state index contributed by atoms with van der Waals surface area (Å²) in [4.78, 5) is 26.5. The Balaban J connectivity index is 1.36. The van der Waals surface area contributed by atoms with Crippen molar-refractivity contribution in [3.8, 4) is 0 Å². The van der Waals surface area contributed by atoms with Crippen molar-refractivity contribution in [2.24, 2.45) is 5.41 Å². The molecule has 0 aromatic carbocycles. The highest BCUT2D eigenvalue weighted by molar-refractivity contribution is 5.94. The van der Waals surface area contributed by atoms with Crippen LogP contribution in [0.1, 0.15) is 52.6 Å². The number of likely N-dealkylation sites (tertiary alicyclic amines) is 1. The highest BCUT2D eigenvalue weighted by Crippen LogP contribution is 2.56. The molecule has 1 unspecified atom stereocenters. The number of aromatic nitrogens is 3. The van der Waals surface area contributed by atoms with Crippen LogP contribution in [0.15, 0.2) is 29.2 Å². The smallest absolute Gasteiger partial charge is 0.273 e. The summed E-state index contributed by atoms with van der Waals surface area (Å²) in [6.45, 7) is 2.34. The fraction of sp³-hybridized carbons (Fsp3) is 0.579. The van der Waals surface area contributed by atoms with Gasteiger partial charge in [0.2, 0.25) is 0 Å². The summed E-state index contributed by atoms with van der Waals surface area (Å²) >= 11 is 0. The van der Waals surface area contributed by atoms with Gasteiger partial charge in [-0.1, -0.05) is 5.21 Å². The first-order valence-corrected chi connectivity index (χ1v) is 9.63. The van der Waals surface area contributed by atoms with Crippen LogP contribution >= 0.6 is 0 Å². The molecule has 1 spiro atoms. The van der Waals surface area contributed by atoms with Crippen LogP contribution in [0.25, 0.3) is 0 Å². The van der Waals surface area contributed by atoms with E-state index in [1.54, 1.807) is 19.4 Å². The Bertz CT molecular complexity index is 823. The molecule has 2 fully saturated rings. The van der Waals surface area contributed by atoms with Gasteiger partial charge in [0.15, 0.2) is 5.69 Å². The summed E-state index contributed by atoms with van der Waals surface area (Å²) in [7, 11) is 1.59. The highest BCUT2D eigenvalue weighted by atomic mass is 16.5. The van der Waals surface area contributed by atoms with E-state index in [-0.39, 0.29) is 23.3 Å². The quantitative estimate of drug-likeness (QED) is 0.754. The molecule has 9 nitrogen and oxygen atoms in total. The van der Waals surface area contributed by atoms with E-state index < -0.39 is 0 Å². The highest BCUT2D eigenvalue weighted by Gasteiger charge is 2.50. The van der Waals surface area contributed by atoms with Crippen molar-refractivity contribution in [3.05, 3.63) is 36.0 Å². The van der Waals surface area contributed by atoms with Crippen LogP contribution in [-0.4, -0.2) is 65.1 Å². The zero-order valence-corrected chi connectivity index (χ0v) is 16.0. The van der Waals surface area contributed by atoms with Crippen LogP contribution in [0.3, 0.4) is 0 Å². The van der Waals surface area contributed by atoms with Crippen molar-refractivity contribution in [3.63, 3.8) is 0 Å². The first-order valence-electron chi connectivity index (χ1n) is 9.63. The second-order valence-corrected chi connectivity index (χ2v) is 7.55. The van der Waals surface area contributed by atoms with Gasteiger partial charge in [-0.2, -0.15) is 0 Å². The fourth-order valence-electron chi connectivity index (χ4n) is 4.29. The number of piperidine rings is 1. The predicted octanol–water partition coefficient (Wildman–Crippen LogP) is 1.50. The maximum absolute atomic E-state index is 12.5. The number of hydrogen-bond acceptors (Lipinski definition) is 6. The summed E-state index contributed by atoms with van der Waals surface area (Å²) < 4.78 is 11.8. The van der Waals surface area contributed by atoms with Crippen LogP contribution in [0.4, 0.5) is 0 Å². The number of methoxy groups -OCH3 is 1. The molecule has 3 heterocycles. The Labute approximate surface area is 163 Å². The molecular weight excluding hydrogens is 362 g/mol. The number of furan rings is 1. The zero-order valence-electron chi connectivity index (χ0n) is 16.0. The third-order valence-electron chi connectivity index (χ3n) is 6.09. The number of carbonyl (C=O) groups is 2. The fourth-order valence-corrected chi connectivity index (χ4v) is 4.29. The van der Waals surface area contributed by atoms with E-state index in [9.17, 15) is 9.59 Å². The minimum atomic E-state index is -0.239. The zero-order chi connectivity index (χ0) is 19.6. The number of nitrogens with one attached hydrogen (secondary N) is 1. The predicted molar refractivity (Wildman–Crippen MR) is 98.8 cm³/mol. The van der Waals surface area contributed by atoms with Crippen molar-refractivity contribution in [1.82, 2.24) is 25.2 Å². The molecule has 9 heteroatoms. The van der Waals surface area contributed by atoms with Crippen LogP contribution < -0.4 is 5.32 Å². The third-order valence-corrected chi connectivity index (χ3v) is 6.09. The average molecular weight is 387 g/mol. The van der Waals surface area contributed by atoms with E-state index in [0.29, 0.717) is 24.4 Å². The molecule has 2 aromatic rings. The first-order chi connectivity index (χ1) is 13.6. The topological polar surface area (TPSA) is 102 Å². The van der Waals surface area contributed by atoms with E-state index in [4.69, 9.17) is 9.15 Å². The minimum Gasteiger partial charge on any atom is -0.472 e. The van der Waals surface area contributed by atoms with E-state index >= 15 is 0 Å². The summed E-state index contributed by atoms with van der Waals surface area (Å²) in [6, 6.07) is 1.93. The minimum absolute atomic E-state index is 0.0234. The van der Waals surface area contributed by atoms with Gasteiger partial charge in [0.25, 0.3) is 11.8 Å². The summed E-state index contributed by atoms with van der Waals surface area (Å²) in [5.41, 5.74) is 1.05. The molecule has 150 valence electrons. The Morgan fingerprint density at radius 2 is 2.18 bits per heavy atom. The molecule has 4 rings (SSSR count). The van der Waals surface area contributed by atoms with Gasteiger partial charge in [0.05, 0.1) is 30.7 Å². The SMILES string of the molecule is COCCNC(=O)c1cn(C2CCC23CCN(C(=O)c2ccoc2)CC3)nn1. The largest absolute Gasteiger partial charge is 0.472 e.